The highest BCUT2D eigenvalue weighted by atomic mass is 19.3. The van der Waals surface area contributed by atoms with Crippen molar-refractivity contribution in [1.29, 1.82) is 0 Å². The quantitative estimate of drug-likeness (QED) is 0.409. The first kappa shape index (κ1) is 19.1. The van der Waals surface area contributed by atoms with Gasteiger partial charge in [-0.15, -0.1) is 8.78 Å². The van der Waals surface area contributed by atoms with E-state index < -0.39 is 18.3 Å². The summed E-state index contributed by atoms with van der Waals surface area (Å²) in [5, 5.41) is 0. The highest BCUT2D eigenvalue weighted by molar-refractivity contribution is 5.47. The van der Waals surface area contributed by atoms with E-state index in [-0.39, 0.29) is 17.2 Å². The molecule has 0 atom stereocenters. The van der Waals surface area contributed by atoms with Crippen LogP contribution in [0.4, 0.5) is 17.6 Å². The van der Waals surface area contributed by atoms with Crippen LogP contribution in [-0.4, -0.2) is 12.4 Å². The first-order valence-corrected chi connectivity index (χ1v) is 9.26. The molecule has 0 radical (unpaired) electrons. The van der Waals surface area contributed by atoms with Crippen molar-refractivity contribution >= 4 is 0 Å². The average molecular weight is 376 g/mol. The van der Waals surface area contributed by atoms with Crippen molar-refractivity contribution in [3.8, 4) is 17.2 Å². The lowest BCUT2D eigenvalue weighted by atomic mass is 9.79. The lowest BCUT2D eigenvalue weighted by molar-refractivity contribution is -0.286. The Morgan fingerprint density at radius 2 is 1.77 bits per heavy atom. The van der Waals surface area contributed by atoms with Crippen LogP contribution in [0.15, 0.2) is 18.2 Å². The minimum atomic E-state index is -3.78. The highest BCUT2D eigenvalue weighted by Crippen LogP contribution is 2.45. The molecule has 0 N–H and O–H groups in total. The number of fused-ring (bicyclic) bond motifs is 1. The average Bonchev–Trinajstić information content (AvgIpc) is 2.88. The van der Waals surface area contributed by atoms with Gasteiger partial charge in [0.25, 0.3) is 0 Å². The van der Waals surface area contributed by atoms with Crippen molar-refractivity contribution in [2.45, 2.75) is 70.7 Å². The van der Waals surface area contributed by atoms with Gasteiger partial charge in [0, 0.05) is 6.07 Å². The molecule has 0 bridgehead atoms. The summed E-state index contributed by atoms with van der Waals surface area (Å²) >= 11 is 0. The molecule has 7 heteroatoms. The number of hydrogen-bond acceptors (Lipinski definition) is 3. The van der Waals surface area contributed by atoms with E-state index in [9.17, 15) is 17.6 Å². The predicted molar refractivity (Wildman–Crippen MR) is 87.8 cm³/mol. The van der Waals surface area contributed by atoms with Gasteiger partial charge in [0.2, 0.25) is 0 Å². The summed E-state index contributed by atoms with van der Waals surface area (Å²) in [6.07, 6.45) is -0.153. The van der Waals surface area contributed by atoms with E-state index in [1.807, 2.05) is 0 Å². The molecule has 1 aromatic carbocycles. The molecule has 0 amide bonds. The van der Waals surface area contributed by atoms with E-state index in [4.69, 9.17) is 4.74 Å². The van der Waals surface area contributed by atoms with Crippen molar-refractivity contribution in [1.82, 2.24) is 0 Å². The molecular formula is C19H24F4O3. The van der Waals surface area contributed by atoms with Gasteiger partial charge in [0.1, 0.15) is 5.75 Å². The maximum atomic E-state index is 14.5. The summed E-state index contributed by atoms with van der Waals surface area (Å²) in [6.45, 7) is 2.14. The Bertz CT molecular complexity index is 613. The SMILES string of the molecule is CCCCCC1CCC(C(F)(F)Oc2ccc3c(c2)OC(F)(F)O3)CC1. The van der Waals surface area contributed by atoms with Crippen LogP contribution in [0.1, 0.15) is 58.3 Å². The van der Waals surface area contributed by atoms with Gasteiger partial charge in [0.15, 0.2) is 11.5 Å². The Kier molecular flexibility index (Phi) is 5.53. The summed E-state index contributed by atoms with van der Waals surface area (Å²) in [4.78, 5) is 0. The van der Waals surface area contributed by atoms with Crippen LogP contribution in [0.2, 0.25) is 0 Å². The summed E-state index contributed by atoms with van der Waals surface area (Å²) in [7, 11) is 0. The smallest absolute Gasteiger partial charge is 0.432 e. The second kappa shape index (κ2) is 7.53. The Balaban J connectivity index is 1.55. The van der Waals surface area contributed by atoms with Gasteiger partial charge in [-0.2, -0.15) is 8.78 Å². The standard InChI is InChI=1S/C19H24F4O3/c1-2-3-4-5-13-6-8-14(9-7-13)18(20,21)24-15-10-11-16-17(12-15)26-19(22,23)25-16/h10-14H,2-9H2,1H3. The second-order valence-electron chi connectivity index (χ2n) is 7.15. The number of rotatable bonds is 7. The third kappa shape index (κ3) is 4.54. The third-order valence-electron chi connectivity index (χ3n) is 5.16. The summed E-state index contributed by atoms with van der Waals surface area (Å²) in [5.41, 5.74) is 0. The third-order valence-corrected chi connectivity index (χ3v) is 5.16. The van der Waals surface area contributed by atoms with Crippen LogP contribution in [0.3, 0.4) is 0 Å². The van der Waals surface area contributed by atoms with Crippen molar-refractivity contribution in [3.05, 3.63) is 18.2 Å². The largest absolute Gasteiger partial charge is 0.586 e. The van der Waals surface area contributed by atoms with E-state index in [2.05, 4.69) is 16.4 Å². The Morgan fingerprint density at radius 1 is 1.08 bits per heavy atom. The van der Waals surface area contributed by atoms with Crippen LogP contribution in [0.5, 0.6) is 17.2 Å². The number of halogens is 4. The fourth-order valence-electron chi connectivity index (χ4n) is 3.70. The van der Waals surface area contributed by atoms with Gasteiger partial charge in [-0.1, -0.05) is 32.6 Å². The molecule has 0 spiro atoms. The first-order chi connectivity index (χ1) is 12.3. The molecular weight excluding hydrogens is 352 g/mol. The second-order valence-corrected chi connectivity index (χ2v) is 7.15. The molecule has 3 nitrogen and oxygen atoms in total. The molecule has 2 aliphatic rings. The maximum Gasteiger partial charge on any atom is 0.586 e. The van der Waals surface area contributed by atoms with Crippen molar-refractivity contribution in [2.24, 2.45) is 11.8 Å². The summed E-state index contributed by atoms with van der Waals surface area (Å²) < 4.78 is 68.4. The Hall–Kier alpha value is -1.66. The molecule has 0 saturated heterocycles. The van der Waals surface area contributed by atoms with E-state index in [0.717, 1.165) is 44.2 Å². The molecule has 0 aromatic heterocycles. The normalized spacial score (nSPS) is 24.5. The van der Waals surface area contributed by atoms with Gasteiger partial charge >= 0.3 is 12.4 Å². The molecule has 1 fully saturated rings. The molecule has 1 saturated carbocycles. The number of alkyl halides is 4. The van der Waals surface area contributed by atoms with Crippen molar-refractivity contribution < 1.29 is 31.8 Å². The molecule has 1 aliphatic carbocycles. The molecule has 1 aromatic rings. The Morgan fingerprint density at radius 3 is 2.46 bits per heavy atom. The topological polar surface area (TPSA) is 27.7 Å². The van der Waals surface area contributed by atoms with Crippen LogP contribution in [0.25, 0.3) is 0 Å². The van der Waals surface area contributed by atoms with Gasteiger partial charge in [-0.3, -0.25) is 0 Å². The van der Waals surface area contributed by atoms with E-state index in [0.29, 0.717) is 18.8 Å². The summed E-state index contributed by atoms with van der Waals surface area (Å²) in [6, 6.07) is 3.35. The van der Waals surface area contributed by atoms with Gasteiger partial charge in [-0.25, -0.2) is 0 Å². The number of ether oxygens (including phenoxy) is 3. The fraction of sp³-hybridized carbons (Fsp3) is 0.684. The lowest BCUT2D eigenvalue weighted by Gasteiger charge is -2.33. The molecule has 1 aliphatic heterocycles. The molecule has 26 heavy (non-hydrogen) atoms. The zero-order valence-corrected chi connectivity index (χ0v) is 14.8. The zero-order chi connectivity index (χ0) is 18.8. The Labute approximate surface area is 150 Å². The van der Waals surface area contributed by atoms with Crippen LogP contribution in [-0.2, 0) is 0 Å². The van der Waals surface area contributed by atoms with E-state index in [1.54, 1.807) is 0 Å². The van der Waals surface area contributed by atoms with E-state index >= 15 is 0 Å². The summed E-state index contributed by atoms with van der Waals surface area (Å²) in [5.74, 6) is -1.06. The first-order valence-electron chi connectivity index (χ1n) is 9.26. The van der Waals surface area contributed by atoms with Crippen molar-refractivity contribution in [3.63, 3.8) is 0 Å². The lowest BCUT2D eigenvalue weighted by Crippen LogP contribution is -2.37. The van der Waals surface area contributed by atoms with Gasteiger partial charge in [-0.05, 0) is 43.7 Å². The van der Waals surface area contributed by atoms with Gasteiger partial charge in [0.05, 0.1) is 5.92 Å². The van der Waals surface area contributed by atoms with Crippen LogP contribution >= 0.6 is 0 Å². The zero-order valence-electron chi connectivity index (χ0n) is 14.8. The van der Waals surface area contributed by atoms with Crippen LogP contribution < -0.4 is 14.2 Å². The maximum absolute atomic E-state index is 14.5. The minimum Gasteiger partial charge on any atom is -0.432 e. The van der Waals surface area contributed by atoms with Gasteiger partial charge < -0.3 is 14.2 Å². The fourth-order valence-corrected chi connectivity index (χ4v) is 3.70. The monoisotopic (exact) mass is 376 g/mol. The van der Waals surface area contributed by atoms with E-state index in [1.165, 1.54) is 12.5 Å². The molecule has 0 unspecified atom stereocenters. The molecule has 1 heterocycles. The van der Waals surface area contributed by atoms with Crippen molar-refractivity contribution in [2.75, 3.05) is 0 Å². The van der Waals surface area contributed by atoms with Crippen LogP contribution in [0, 0.1) is 11.8 Å². The highest BCUT2D eigenvalue weighted by Gasteiger charge is 2.46. The number of hydrogen-bond donors (Lipinski definition) is 0. The number of unbranched alkanes of at least 4 members (excludes halogenated alkanes) is 2. The number of benzene rings is 1. The predicted octanol–water partition coefficient (Wildman–Crippen LogP) is 6.37. The molecule has 146 valence electrons. The minimum absolute atomic E-state index is 0.196. The molecule has 3 rings (SSSR count).